The fourth-order valence-corrected chi connectivity index (χ4v) is 1.66. The van der Waals surface area contributed by atoms with Gasteiger partial charge in [0.15, 0.2) is 0 Å². The van der Waals surface area contributed by atoms with Crippen LogP contribution in [0.15, 0.2) is 18.2 Å². The second kappa shape index (κ2) is 6.86. The lowest BCUT2D eigenvalue weighted by molar-refractivity contribution is -0.118. The molecule has 19 heavy (non-hydrogen) atoms. The molecule has 0 heterocycles. The zero-order chi connectivity index (χ0) is 14.4. The molecule has 0 aliphatic carbocycles. The zero-order valence-corrected chi connectivity index (χ0v) is 11.0. The molecule has 1 aromatic carbocycles. The Morgan fingerprint density at radius 1 is 1.47 bits per heavy atom. The molecule has 1 amide bonds. The fourth-order valence-electron chi connectivity index (χ4n) is 1.66. The molecule has 1 aromatic rings. The quantitative estimate of drug-likeness (QED) is 0.712. The van der Waals surface area contributed by atoms with Gasteiger partial charge in [0.05, 0.1) is 18.1 Å². The molecule has 0 aromatic heterocycles. The van der Waals surface area contributed by atoms with Crippen molar-refractivity contribution in [2.45, 2.75) is 19.4 Å². The highest BCUT2D eigenvalue weighted by Crippen LogP contribution is 2.15. The van der Waals surface area contributed by atoms with E-state index in [1.54, 1.807) is 19.1 Å². The molecular formula is C13H18N2O4. The van der Waals surface area contributed by atoms with Crippen LogP contribution in [0, 0.1) is 6.92 Å². The van der Waals surface area contributed by atoms with Crippen LogP contribution in [0.1, 0.15) is 22.3 Å². The summed E-state index contributed by atoms with van der Waals surface area (Å²) < 4.78 is 5.02. The third-order valence-electron chi connectivity index (χ3n) is 2.75. The Morgan fingerprint density at radius 2 is 2.16 bits per heavy atom. The number of rotatable bonds is 6. The monoisotopic (exact) mass is 266 g/mol. The molecule has 0 spiro atoms. The van der Waals surface area contributed by atoms with Gasteiger partial charge in [0.25, 0.3) is 0 Å². The van der Waals surface area contributed by atoms with Crippen molar-refractivity contribution in [1.82, 2.24) is 0 Å². The number of ether oxygens (including phenoxy) is 1. The standard InChI is InChI=1S/C13H18N2O4/c1-8-5-9(3-4-11(8)13(17)18)15-12(16)6-10(7-14)19-2/h3-5,10H,6-7,14H2,1-2H3,(H,15,16)(H,17,18). The van der Waals surface area contributed by atoms with Gasteiger partial charge in [-0.05, 0) is 30.7 Å². The van der Waals surface area contributed by atoms with E-state index in [1.165, 1.54) is 13.2 Å². The molecule has 0 bridgehead atoms. The third kappa shape index (κ3) is 4.35. The summed E-state index contributed by atoms with van der Waals surface area (Å²) in [7, 11) is 1.50. The maximum atomic E-state index is 11.7. The lowest BCUT2D eigenvalue weighted by atomic mass is 10.1. The molecule has 1 atom stereocenters. The summed E-state index contributed by atoms with van der Waals surface area (Å²) in [6, 6.07) is 4.63. The van der Waals surface area contributed by atoms with Crippen molar-refractivity contribution in [2.75, 3.05) is 19.0 Å². The highest BCUT2D eigenvalue weighted by molar-refractivity contribution is 5.93. The van der Waals surface area contributed by atoms with E-state index in [4.69, 9.17) is 15.6 Å². The molecule has 1 unspecified atom stereocenters. The van der Waals surface area contributed by atoms with Gasteiger partial charge >= 0.3 is 5.97 Å². The number of nitrogens with two attached hydrogens (primary N) is 1. The second-order valence-electron chi connectivity index (χ2n) is 4.18. The smallest absolute Gasteiger partial charge is 0.335 e. The first-order valence-corrected chi connectivity index (χ1v) is 5.84. The maximum Gasteiger partial charge on any atom is 0.335 e. The topological polar surface area (TPSA) is 102 Å². The summed E-state index contributed by atoms with van der Waals surface area (Å²) in [6.45, 7) is 1.94. The van der Waals surface area contributed by atoms with Gasteiger partial charge in [-0.15, -0.1) is 0 Å². The molecule has 6 nitrogen and oxygen atoms in total. The number of carbonyl (C=O) groups excluding carboxylic acids is 1. The number of carbonyl (C=O) groups is 2. The Kier molecular flexibility index (Phi) is 5.47. The van der Waals surface area contributed by atoms with Crippen LogP contribution in [-0.4, -0.2) is 36.7 Å². The van der Waals surface area contributed by atoms with Crippen molar-refractivity contribution < 1.29 is 19.4 Å². The molecule has 0 saturated carbocycles. The molecule has 0 aliphatic rings. The molecule has 1 rings (SSSR count). The van der Waals surface area contributed by atoms with E-state index in [1.807, 2.05) is 0 Å². The van der Waals surface area contributed by atoms with E-state index in [-0.39, 0.29) is 30.5 Å². The van der Waals surface area contributed by atoms with Crippen LogP contribution in [0.3, 0.4) is 0 Å². The highest BCUT2D eigenvalue weighted by atomic mass is 16.5. The van der Waals surface area contributed by atoms with Gasteiger partial charge in [0, 0.05) is 19.3 Å². The minimum absolute atomic E-state index is 0.159. The number of methoxy groups -OCH3 is 1. The first kappa shape index (κ1) is 15.1. The summed E-state index contributed by atoms with van der Waals surface area (Å²) in [5, 5.41) is 11.6. The van der Waals surface area contributed by atoms with E-state index in [2.05, 4.69) is 5.32 Å². The molecule has 4 N–H and O–H groups in total. The first-order chi connectivity index (χ1) is 8.97. The Hall–Kier alpha value is -1.92. The Bertz CT molecular complexity index is 470. The van der Waals surface area contributed by atoms with E-state index in [0.717, 1.165) is 0 Å². The number of carboxylic acid groups (broad SMARTS) is 1. The lowest BCUT2D eigenvalue weighted by Gasteiger charge is -2.13. The second-order valence-corrected chi connectivity index (χ2v) is 4.18. The number of amides is 1. The van der Waals surface area contributed by atoms with Gasteiger partial charge < -0.3 is 20.9 Å². The van der Waals surface area contributed by atoms with Crippen LogP contribution < -0.4 is 11.1 Å². The Morgan fingerprint density at radius 3 is 2.63 bits per heavy atom. The van der Waals surface area contributed by atoms with Crippen molar-refractivity contribution >= 4 is 17.6 Å². The number of benzene rings is 1. The van der Waals surface area contributed by atoms with Crippen LogP contribution in [0.25, 0.3) is 0 Å². The van der Waals surface area contributed by atoms with Crippen molar-refractivity contribution in [2.24, 2.45) is 5.73 Å². The molecular weight excluding hydrogens is 248 g/mol. The number of aryl methyl sites for hydroxylation is 1. The van der Waals surface area contributed by atoms with Gasteiger partial charge in [0.2, 0.25) is 5.91 Å². The van der Waals surface area contributed by atoms with E-state index in [0.29, 0.717) is 11.3 Å². The van der Waals surface area contributed by atoms with Gasteiger partial charge in [-0.25, -0.2) is 4.79 Å². The van der Waals surface area contributed by atoms with Gasteiger partial charge in [-0.2, -0.15) is 0 Å². The van der Waals surface area contributed by atoms with Crippen LogP contribution in [0.4, 0.5) is 5.69 Å². The predicted molar refractivity (Wildman–Crippen MR) is 71.2 cm³/mol. The summed E-state index contributed by atoms with van der Waals surface area (Å²) >= 11 is 0. The number of hydrogen-bond donors (Lipinski definition) is 3. The number of aromatic carboxylic acids is 1. The average molecular weight is 266 g/mol. The van der Waals surface area contributed by atoms with Crippen LogP contribution in [0.2, 0.25) is 0 Å². The summed E-state index contributed by atoms with van der Waals surface area (Å²) in [4.78, 5) is 22.6. The molecule has 0 radical (unpaired) electrons. The molecule has 0 fully saturated rings. The van der Waals surface area contributed by atoms with Gasteiger partial charge in [0.1, 0.15) is 0 Å². The van der Waals surface area contributed by atoms with Crippen molar-refractivity contribution in [3.05, 3.63) is 29.3 Å². The summed E-state index contributed by atoms with van der Waals surface area (Å²) in [6.07, 6.45) is -0.161. The maximum absolute atomic E-state index is 11.7. The molecule has 0 aliphatic heterocycles. The highest BCUT2D eigenvalue weighted by Gasteiger charge is 2.12. The SMILES string of the molecule is COC(CN)CC(=O)Nc1ccc(C(=O)O)c(C)c1. The van der Waals surface area contributed by atoms with Gasteiger partial charge in [-0.1, -0.05) is 0 Å². The minimum atomic E-state index is -0.988. The zero-order valence-electron chi connectivity index (χ0n) is 11.0. The summed E-state index contributed by atoms with van der Waals surface area (Å²) in [5.41, 5.74) is 6.79. The first-order valence-electron chi connectivity index (χ1n) is 5.84. The number of carboxylic acids is 1. The predicted octanol–water partition coefficient (Wildman–Crippen LogP) is 0.996. The van der Waals surface area contributed by atoms with E-state index in [9.17, 15) is 9.59 Å². The fraction of sp³-hybridized carbons (Fsp3) is 0.385. The largest absolute Gasteiger partial charge is 0.478 e. The molecule has 0 saturated heterocycles. The third-order valence-corrected chi connectivity index (χ3v) is 2.75. The Labute approximate surface area is 111 Å². The van der Waals surface area contributed by atoms with Crippen molar-refractivity contribution in [3.8, 4) is 0 Å². The number of hydrogen-bond acceptors (Lipinski definition) is 4. The van der Waals surface area contributed by atoms with Crippen molar-refractivity contribution in [3.63, 3.8) is 0 Å². The van der Waals surface area contributed by atoms with Crippen LogP contribution >= 0.6 is 0 Å². The van der Waals surface area contributed by atoms with E-state index < -0.39 is 5.97 Å². The van der Waals surface area contributed by atoms with Crippen LogP contribution in [0.5, 0.6) is 0 Å². The molecule has 104 valence electrons. The Balaban J connectivity index is 2.70. The van der Waals surface area contributed by atoms with E-state index >= 15 is 0 Å². The average Bonchev–Trinajstić information content (AvgIpc) is 2.35. The lowest BCUT2D eigenvalue weighted by Crippen LogP contribution is -2.28. The normalized spacial score (nSPS) is 11.9. The minimum Gasteiger partial charge on any atom is -0.478 e. The van der Waals surface area contributed by atoms with Crippen LogP contribution in [-0.2, 0) is 9.53 Å². The number of nitrogens with one attached hydrogen (secondary N) is 1. The summed E-state index contributed by atoms with van der Waals surface area (Å²) in [5.74, 6) is -1.21. The molecule has 6 heteroatoms. The van der Waals surface area contributed by atoms with Crippen molar-refractivity contribution in [1.29, 1.82) is 0 Å². The number of anilines is 1. The van der Waals surface area contributed by atoms with Gasteiger partial charge in [-0.3, -0.25) is 4.79 Å².